The molecule has 0 unspecified atom stereocenters. The smallest absolute Gasteiger partial charge is 0.247 e. The lowest BCUT2D eigenvalue weighted by Gasteiger charge is -2.31. The van der Waals surface area contributed by atoms with Crippen LogP contribution in [0.1, 0.15) is 16.9 Å². The standard InChI is InChI=1S/C22H25N3O5S/c23-21(29)17(9-13-5-2-1-3-6-13)25-22(30)14-10-16(20(28)18(26)11-14)24-19(27)12-15-7-4-8-31-15/h1-8,10,16-18,20,26,28H,9,11-12H2,(H2,23,29)(H,24,27)(H,25,30)/t16-,17-,18-,20-/m1/s1. The third-order valence-electron chi connectivity index (χ3n) is 5.04. The largest absolute Gasteiger partial charge is 0.390 e. The van der Waals surface area contributed by atoms with Crippen LogP contribution in [0, 0.1) is 0 Å². The van der Waals surface area contributed by atoms with Gasteiger partial charge in [0.15, 0.2) is 0 Å². The van der Waals surface area contributed by atoms with Crippen molar-refractivity contribution in [2.75, 3.05) is 0 Å². The third kappa shape index (κ3) is 6.24. The van der Waals surface area contributed by atoms with E-state index < -0.39 is 36.1 Å². The van der Waals surface area contributed by atoms with E-state index in [4.69, 9.17) is 5.73 Å². The van der Waals surface area contributed by atoms with Gasteiger partial charge in [0, 0.05) is 23.3 Å². The summed E-state index contributed by atoms with van der Waals surface area (Å²) in [5.74, 6) is -1.60. The number of thiophene rings is 1. The summed E-state index contributed by atoms with van der Waals surface area (Å²) in [5, 5.41) is 27.6. The van der Waals surface area contributed by atoms with Crippen molar-refractivity contribution in [3.8, 4) is 0 Å². The third-order valence-corrected chi connectivity index (χ3v) is 5.91. The van der Waals surface area contributed by atoms with Gasteiger partial charge in [0.25, 0.3) is 0 Å². The second-order valence-electron chi connectivity index (χ2n) is 7.42. The van der Waals surface area contributed by atoms with E-state index in [2.05, 4.69) is 10.6 Å². The number of aliphatic hydroxyl groups excluding tert-OH is 2. The zero-order valence-corrected chi connectivity index (χ0v) is 17.5. The molecule has 0 fully saturated rings. The maximum absolute atomic E-state index is 12.8. The molecule has 31 heavy (non-hydrogen) atoms. The van der Waals surface area contributed by atoms with Crippen LogP contribution in [0.4, 0.5) is 0 Å². The monoisotopic (exact) mass is 443 g/mol. The number of nitrogens with one attached hydrogen (secondary N) is 2. The SMILES string of the molecule is NC(=O)[C@@H](Cc1ccccc1)NC(=O)C1=C[C@@H](NC(=O)Cc2cccs2)[C@@H](O)[C@H](O)C1. The summed E-state index contributed by atoms with van der Waals surface area (Å²) in [6, 6.07) is 10.9. The van der Waals surface area contributed by atoms with Crippen molar-refractivity contribution in [1.29, 1.82) is 0 Å². The molecular weight excluding hydrogens is 418 g/mol. The molecule has 1 aliphatic carbocycles. The first-order chi connectivity index (χ1) is 14.8. The number of hydrogen-bond acceptors (Lipinski definition) is 6. The Balaban J connectivity index is 1.68. The minimum absolute atomic E-state index is 0.110. The minimum atomic E-state index is -1.25. The van der Waals surface area contributed by atoms with Crippen molar-refractivity contribution in [3.63, 3.8) is 0 Å². The van der Waals surface area contributed by atoms with Gasteiger partial charge in [-0.2, -0.15) is 0 Å². The van der Waals surface area contributed by atoms with Crippen molar-refractivity contribution in [2.45, 2.75) is 43.6 Å². The Morgan fingerprint density at radius 1 is 1.13 bits per heavy atom. The molecule has 6 N–H and O–H groups in total. The highest BCUT2D eigenvalue weighted by Gasteiger charge is 2.34. The van der Waals surface area contributed by atoms with Gasteiger partial charge in [-0.3, -0.25) is 14.4 Å². The molecule has 1 aromatic heterocycles. The van der Waals surface area contributed by atoms with Crippen LogP contribution in [-0.4, -0.2) is 52.2 Å². The Hall–Kier alpha value is -3.01. The van der Waals surface area contributed by atoms with Gasteiger partial charge in [0.05, 0.1) is 18.6 Å². The van der Waals surface area contributed by atoms with Crippen LogP contribution in [-0.2, 0) is 27.2 Å². The van der Waals surface area contributed by atoms with Crippen LogP contribution in [0.5, 0.6) is 0 Å². The average molecular weight is 444 g/mol. The summed E-state index contributed by atoms with van der Waals surface area (Å²) >= 11 is 1.43. The number of amides is 3. The molecule has 3 amide bonds. The number of rotatable bonds is 8. The number of carbonyl (C=O) groups excluding carboxylic acids is 3. The van der Waals surface area contributed by atoms with Gasteiger partial charge in [-0.1, -0.05) is 42.5 Å². The van der Waals surface area contributed by atoms with Gasteiger partial charge in [0.1, 0.15) is 12.1 Å². The van der Waals surface area contributed by atoms with E-state index in [0.717, 1.165) is 10.4 Å². The number of aliphatic hydroxyl groups is 2. The molecule has 9 heteroatoms. The van der Waals surface area contributed by atoms with Gasteiger partial charge in [0.2, 0.25) is 17.7 Å². The molecule has 4 atom stereocenters. The van der Waals surface area contributed by atoms with Gasteiger partial charge in [-0.15, -0.1) is 11.3 Å². The van der Waals surface area contributed by atoms with E-state index >= 15 is 0 Å². The second kappa shape index (κ2) is 10.3. The molecular formula is C22H25N3O5S. The Kier molecular flexibility index (Phi) is 7.56. The molecule has 3 rings (SSSR count). The van der Waals surface area contributed by atoms with Crippen molar-refractivity contribution in [1.82, 2.24) is 10.6 Å². The summed E-state index contributed by atoms with van der Waals surface area (Å²) in [5.41, 5.74) is 6.45. The van der Waals surface area contributed by atoms with Crippen molar-refractivity contribution in [3.05, 3.63) is 69.9 Å². The fraction of sp³-hybridized carbons (Fsp3) is 0.318. The maximum Gasteiger partial charge on any atom is 0.247 e. The topological polar surface area (TPSA) is 142 Å². The fourth-order valence-electron chi connectivity index (χ4n) is 3.40. The van der Waals surface area contributed by atoms with E-state index in [9.17, 15) is 24.6 Å². The molecule has 0 spiro atoms. The molecule has 164 valence electrons. The quantitative estimate of drug-likeness (QED) is 0.392. The molecule has 0 aliphatic heterocycles. The van der Waals surface area contributed by atoms with Crippen LogP contribution < -0.4 is 16.4 Å². The Bertz CT molecular complexity index is 945. The molecule has 1 heterocycles. The molecule has 0 saturated carbocycles. The second-order valence-corrected chi connectivity index (χ2v) is 8.45. The van der Waals surface area contributed by atoms with E-state index in [1.54, 1.807) is 0 Å². The molecule has 0 saturated heterocycles. The zero-order valence-electron chi connectivity index (χ0n) is 16.7. The fourth-order valence-corrected chi connectivity index (χ4v) is 4.10. The van der Waals surface area contributed by atoms with Crippen LogP contribution in [0.3, 0.4) is 0 Å². The highest BCUT2D eigenvalue weighted by Crippen LogP contribution is 2.21. The normalized spacial score (nSPS) is 21.6. The van der Waals surface area contributed by atoms with Crippen LogP contribution >= 0.6 is 11.3 Å². The van der Waals surface area contributed by atoms with E-state index in [-0.39, 0.29) is 30.7 Å². The Morgan fingerprint density at radius 2 is 1.87 bits per heavy atom. The van der Waals surface area contributed by atoms with Gasteiger partial charge in [-0.25, -0.2) is 0 Å². The molecule has 0 radical (unpaired) electrons. The number of hydrogen-bond donors (Lipinski definition) is 5. The average Bonchev–Trinajstić information content (AvgIpc) is 3.24. The number of carbonyl (C=O) groups is 3. The van der Waals surface area contributed by atoms with E-state index in [0.29, 0.717) is 0 Å². The lowest BCUT2D eigenvalue weighted by molar-refractivity contribution is -0.126. The van der Waals surface area contributed by atoms with Gasteiger partial charge in [-0.05, 0) is 17.0 Å². The Morgan fingerprint density at radius 3 is 2.52 bits per heavy atom. The number of benzene rings is 1. The molecule has 2 aromatic rings. The first-order valence-electron chi connectivity index (χ1n) is 9.86. The summed E-state index contributed by atoms with van der Waals surface area (Å²) in [4.78, 5) is 37.7. The van der Waals surface area contributed by atoms with Gasteiger partial charge < -0.3 is 26.6 Å². The van der Waals surface area contributed by atoms with Crippen LogP contribution in [0.25, 0.3) is 0 Å². The number of primary amides is 1. The number of nitrogens with two attached hydrogens (primary N) is 1. The summed E-state index contributed by atoms with van der Waals surface area (Å²) < 4.78 is 0. The molecule has 8 nitrogen and oxygen atoms in total. The van der Waals surface area contributed by atoms with Crippen molar-refractivity contribution in [2.24, 2.45) is 5.73 Å². The summed E-state index contributed by atoms with van der Waals surface area (Å²) in [7, 11) is 0. The van der Waals surface area contributed by atoms with Crippen LogP contribution in [0.2, 0.25) is 0 Å². The summed E-state index contributed by atoms with van der Waals surface area (Å²) in [6.07, 6.45) is -0.825. The molecule has 1 aliphatic rings. The predicted molar refractivity (Wildman–Crippen MR) is 116 cm³/mol. The summed E-state index contributed by atoms with van der Waals surface area (Å²) in [6.45, 7) is 0. The van der Waals surface area contributed by atoms with Crippen molar-refractivity contribution >= 4 is 29.1 Å². The molecule has 1 aromatic carbocycles. The first-order valence-corrected chi connectivity index (χ1v) is 10.7. The Labute approximate surface area is 183 Å². The first kappa shape index (κ1) is 22.7. The highest BCUT2D eigenvalue weighted by molar-refractivity contribution is 7.10. The van der Waals surface area contributed by atoms with E-state index in [1.165, 1.54) is 17.4 Å². The minimum Gasteiger partial charge on any atom is -0.390 e. The molecule has 0 bridgehead atoms. The lowest BCUT2D eigenvalue weighted by Crippen LogP contribution is -2.52. The van der Waals surface area contributed by atoms with Crippen LogP contribution in [0.15, 0.2) is 59.5 Å². The zero-order chi connectivity index (χ0) is 22.4. The predicted octanol–water partition coefficient (Wildman–Crippen LogP) is 0.0401. The van der Waals surface area contributed by atoms with Crippen molar-refractivity contribution < 1.29 is 24.6 Å². The lowest BCUT2D eigenvalue weighted by atomic mass is 9.89. The van der Waals surface area contributed by atoms with E-state index in [1.807, 2.05) is 47.8 Å². The van der Waals surface area contributed by atoms with Gasteiger partial charge >= 0.3 is 0 Å². The maximum atomic E-state index is 12.8. The highest BCUT2D eigenvalue weighted by atomic mass is 32.1.